The lowest BCUT2D eigenvalue weighted by Crippen LogP contribution is -2.29. The summed E-state index contributed by atoms with van der Waals surface area (Å²) in [6.45, 7) is 2.15. The third-order valence-corrected chi connectivity index (χ3v) is 5.71. The van der Waals surface area contributed by atoms with Crippen molar-refractivity contribution in [2.24, 2.45) is 0 Å². The van der Waals surface area contributed by atoms with Gasteiger partial charge in [-0.3, -0.25) is 9.59 Å². The third kappa shape index (κ3) is 4.36. The molecule has 0 unspecified atom stereocenters. The number of methoxy groups -OCH3 is 2. The SMILES string of the molecule is COC(=O)C[C@@H](c1cc(OC)c2c(c1)OCO2)c1c(O)cc(C)n(CCc2cnc[nH]2)c1=O. The summed E-state index contributed by atoms with van der Waals surface area (Å²) in [7, 11) is 2.76. The van der Waals surface area contributed by atoms with Crippen molar-refractivity contribution in [2.75, 3.05) is 21.0 Å². The lowest BCUT2D eigenvalue weighted by atomic mass is 9.87. The number of esters is 1. The molecule has 2 N–H and O–H groups in total. The number of rotatable bonds is 8. The number of H-pyrrole nitrogens is 1. The second-order valence-corrected chi connectivity index (χ2v) is 7.66. The molecule has 10 nitrogen and oxygen atoms in total. The van der Waals surface area contributed by atoms with E-state index in [1.54, 1.807) is 36.1 Å². The highest BCUT2D eigenvalue weighted by molar-refractivity contribution is 5.72. The number of aryl methyl sites for hydroxylation is 2. The molecule has 3 aromatic rings. The fraction of sp³-hybridized carbons (Fsp3) is 0.348. The highest BCUT2D eigenvalue weighted by Crippen LogP contribution is 2.45. The lowest BCUT2D eigenvalue weighted by molar-refractivity contribution is -0.140. The first-order chi connectivity index (χ1) is 15.9. The minimum absolute atomic E-state index is 0.0347. The maximum atomic E-state index is 13.6. The number of hydrogen-bond donors (Lipinski definition) is 2. The Balaban J connectivity index is 1.82. The van der Waals surface area contributed by atoms with E-state index >= 15 is 0 Å². The van der Waals surface area contributed by atoms with Gasteiger partial charge in [0.25, 0.3) is 5.56 Å². The monoisotopic (exact) mass is 455 g/mol. The molecule has 4 rings (SSSR count). The molecule has 0 saturated carbocycles. The molecule has 1 aliphatic rings. The number of aromatic hydroxyl groups is 1. The van der Waals surface area contributed by atoms with Gasteiger partial charge in [0.05, 0.1) is 32.5 Å². The van der Waals surface area contributed by atoms with Crippen LogP contribution in [0.2, 0.25) is 0 Å². The number of imidazole rings is 1. The minimum Gasteiger partial charge on any atom is -0.507 e. The molecule has 0 bridgehead atoms. The number of aromatic amines is 1. The van der Waals surface area contributed by atoms with Gasteiger partial charge in [0.2, 0.25) is 12.5 Å². The van der Waals surface area contributed by atoms with Crippen molar-refractivity contribution < 1.29 is 28.8 Å². The first-order valence-electron chi connectivity index (χ1n) is 10.4. The molecular weight excluding hydrogens is 430 g/mol. The van der Waals surface area contributed by atoms with Crippen LogP contribution in [0.1, 0.15) is 34.9 Å². The quantitative estimate of drug-likeness (QED) is 0.496. The van der Waals surface area contributed by atoms with Gasteiger partial charge in [0.1, 0.15) is 5.75 Å². The van der Waals surface area contributed by atoms with Crippen molar-refractivity contribution in [3.05, 3.63) is 63.6 Å². The van der Waals surface area contributed by atoms with Gasteiger partial charge in [-0.25, -0.2) is 4.98 Å². The molecule has 1 atom stereocenters. The van der Waals surface area contributed by atoms with Crippen LogP contribution < -0.4 is 19.8 Å². The van der Waals surface area contributed by atoms with Crippen LogP contribution in [0.15, 0.2) is 35.5 Å². The Morgan fingerprint density at radius 2 is 2.12 bits per heavy atom. The van der Waals surface area contributed by atoms with Crippen molar-refractivity contribution in [3.63, 3.8) is 0 Å². The highest BCUT2D eigenvalue weighted by Gasteiger charge is 2.30. The van der Waals surface area contributed by atoms with Gasteiger partial charge in [-0.1, -0.05) is 0 Å². The molecule has 33 heavy (non-hydrogen) atoms. The lowest BCUT2D eigenvalue weighted by Gasteiger charge is -2.21. The molecule has 10 heteroatoms. The fourth-order valence-electron chi connectivity index (χ4n) is 4.02. The van der Waals surface area contributed by atoms with Crippen LogP contribution in [0, 0.1) is 6.92 Å². The molecule has 0 aliphatic carbocycles. The number of benzene rings is 1. The van der Waals surface area contributed by atoms with E-state index in [0.29, 0.717) is 41.5 Å². The number of nitrogens with one attached hydrogen (secondary N) is 1. The summed E-state index contributed by atoms with van der Waals surface area (Å²) in [5, 5.41) is 10.8. The number of ether oxygens (including phenoxy) is 4. The van der Waals surface area contributed by atoms with Crippen molar-refractivity contribution >= 4 is 5.97 Å². The Morgan fingerprint density at radius 1 is 1.30 bits per heavy atom. The van der Waals surface area contributed by atoms with Crippen molar-refractivity contribution in [1.29, 1.82) is 0 Å². The van der Waals surface area contributed by atoms with E-state index in [9.17, 15) is 14.7 Å². The van der Waals surface area contributed by atoms with Crippen molar-refractivity contribution in [3.8, 4) is 23.0 Å². The molecule has 0 spiro atoms. The van der Waals surface area contributed by atoms with E-state index in [2.05, 4.69) is 9.97 Å². The molecule has 2 aromatic heterocycles. The normalized spacial score (nSPS) is 13.1. The summed E-state index contributed by atoms with van der Waals surface area (Å²) >= 11 is 0. The largest absolute Gasteiger partial charge is 0.507 e. The maximum Gasteiger partial charge on any atom is 0.306 e. The van der Waals surface area contributed by atoms with Gasteiger partial charge in [0.15, 0.2) is 11.5 Å². The van der Waals surface area contributed by atoms with E-state index in [1.165, 1.54) is 20.3 Å². The number of carbonyl (C=O) groups is 1. The second kappa shape index (κ2) is 9.27. The van der Waals surface area contributed by atoms with E-state index in [1.807, 2.05) is 0 Å². The van der Waals surface area contributed by atoms with Gasteiger partial charge in [-0.15, -0.1) is 0 Å². The maximum absolute atomic E-state index is 13.6. The van der Waals surface area contributed by atoms with E-state index in [-0.39, 0.29) is 24.5 Å². The van der Waals surface area contributed by atoms with Crippen LogP contribution in [0.25, 0.3) is 0 Å². The van der Waals surface area contributed by atoms with Crippen LogP contribution in [-0.2, 0) is 22.5 Å². The van der Waals surface area contributed by atoms with Gasteiger partial charge in [0, 0.05) is 36.5 Å². The molecule has 1 aromatic carbocycles. The van der Waals surface area contributed by atoms with Crippen LogP contribution in [0.3, 0.4) is 0 Å². The van der Waals surface area contributed by atoms with Gasteiger partial charge in [-0.05, 0) is 30.7 Å². The van der Waals surface area contributed by atoms with Crippen LogP contribution >= 0.6 is 0 Å². The molecule has 3 heterocycles. The Hall–Kier alpha value is -3.95. The molecule has 0 amide bonds. The number of fused-ring (bicyclic) bond motifs is 1. The predicted molar refractivity (Wildman–Crippen MR) is 117 cm³/mol. The standard InChI is InChI=1S/C23H25N3O7/c1-13-6-17(27)21(23(29)26(13)5-4-15-10-24-11-25-15)16(9-20(28)31-3)14-7-18(30-2)22-19(8-14)32-12-33-22/h6-8,10-11,16,27H,4-5,9,12H2,1-3H3,(H,24,25)/t16-/m0/s1. The van der Waals surface area contributed by atoms with Gasteiger partial charge in [-0.2, -0.15) is 0 Å². The van der Waals surface area contributed by atoms with E-state index in [4.69, 9.17) is 18.9 Å². The predicted octanol–water partition coefficient (Wildman–Crippen LogP) is 2.26. The Kier molecular flexibility index (Phi) is 6.25. The average Bonchev–Trinajstić information content (AvgIpc) is 3.49. The molecule has 0 radical (unpaired) electrons. The second-order valence-electron chi connectivity index (χ2n) is 7.66. The first kappa shape index (κ1) is 22.3. The summed E-state index contributed by atoms with van der Waals surface area (Å²) in [6.07, 6.45) is 3.66. The summed E-state index contributed by atoms with van der Waals surface area (Å²) in [5.41, 5.74) is 1.73. The average molecular weight is 455 g/mol. The van der Waals surface area contributed by atoms with Crippen molar-refractivity contribution in [1.82, 2.24) is 14.5 Å². The molecule has 1 aliphatic heterocycles. The van der Waals surface area contributed by atoms with Crippen LogP contribution in [-0.4, -0.2) is 46.6 Å². The third-order valence-electron chi connectivity index (χ3n) is 5.71. The van der Waals surface area contributed by atoms with E-state index < -0.39 is 17.4 Å². The molecule has 174 valence electrons. The number of hydrogen-bond acceptors (Lipinski definition) is 8. The zero-order chi connectivity index (χ0) is 23.5. The number of aromatic nitrogens is 3. The van der Waals surface area contributed by atoms with E-state index in [0.717, 1.165) is 5.69 Å². The highest BCUT2D eigenvalue weighted by atomic mass is 16.7. The zero-order valence-electron chi connectivity index (χ0n) is 18.6. The Labute approximate surface area is 189 Å². The molecule has 0 saturated heterocycles. The van der Waals surface area contributed by atoms with Crippen LogP contribution in [0.4, 0.5) is 0 Å². The summed E-state index contributed by atoms with van der Waals surface area (Å²) < 4.78 is 22.8. The first-order valence-corrected chi connectivity index (χ1v) is 10.4. The number of pyridine rings is 1. The Bertz CT molecular complexity index is 1220. The summed E-state index contributed by atoms with van der Waals surface area (Å²) in [5.74, 6) is -0.234. The number of nitrogens with zero attached hydrogens (tertiary/aromatic N) is 2. The van der Waals surface area contributed by atoms with Gasteiger partial charge >= 0.3 is 5.97 Å². The molecule has 0 fully saturated rings. The topological polar surface area (TPSA) is 125 Å². The summed E-state index contributed by atoms with van der Waals surface area (Å²) in [6, 6.07) is 4.89. The zero-order valence-corrected chi connectivity index (χ0v) is 18.6. The van der Waals surface area contributed by atoms with Gasteiger partial charge < -0.3 is 33.6 Å². The molecular formula is C23H25N3O7. The van der Waals surface area contributed by atoms with Crippen LogP contribution in [0.5, 0.6) is 23.0 Å². The summed E-state index contributed by atoms with van der Waals surface area (Å²) in [4.78, 5) is 32.9. The number of carbonyl (C=O) groups excluding carboxylic acids is 1. The minimum atomic E-state index is -0.799. The Morgan fingerprint density at radius 3 is 2.82 bits per heavy atom. The van der Waals surface area contributed by atoms with Crippen molar-refractivity contribution in [2.45, 2.75) is 32.2 Å². The smallest absolute Gasteiger partial charge is 0.306 e. The fourth-order valence-corrected chi connectivity index (χ4v) is 4.02.